The molecule has 0 aliphatic carbocycles. The molecule has 0 unspecified atom stereocenters. The van der Waals surface area contributed by atoms with Crippen molar-refractivity contribution < 1.29 is 27.6 Å². The highest BCUT2D eigenvalue weighted by molar-refractivity contribution is 5.83. The largest absolute Gasteiger partial charge is 0.490 e. The number of hydrogen-bond donors (Lipinski definition) is 1. The average molecular weight is 383 g/mol. The standard InChI is InChI=1S/C17H16F3N3O4/c1-3-27-15-8-11(7-14(23(24)25)16(15)26-2)10-21-22-13-6-4-5-12(9-13)17(18,19)20/h4-10,22H,3H2,1-2H3. The molecule has 7 nitrogen and oxygen atoms in total. The van der Waals surface area contributed by atoms with Gasteiger partial charge in [0.15, 0.2) is 5.75 Å². The van der Waals surface area contributed by atoms with Crippen LogP contribution in [0.15, 0.2) is 41.5 Å². The van der Waals surface area contributed by atoms with E-state index in [4.69, 9.17) is 9.47 Å². The Hall–Kier alpha value is -3.30. The lowest BCUT2D eigenvalue weighted by atomic mass is 10.2. The highest BCUT2D eigenvalue weighted by Crippen LogP contribution is 2.38. The van der Waals surface area contributed by atoms with Gasteiger partial charge in [0.2, 0.25) is 5.75 Å². The van der Waals surface area contributed by atoms with Gasteiger partial charge in [-0.25, -0.2) is 0 Å². The van der Waals surface area contributed by atoms with Gasteiger partial charge in [-0.05, 0) is 31.2 Å². The monoisotopic (exact) mass is 383 g/mol. The summed E-state index contributed by atoms with van der Waals surface area (Å²) in [6.07, 6.45) is -3.24. The van der Waals surface area contributed by atoms with Crippen LogP contribution in [0, 0.1) is 10.1 Å². The van der Waals surface area contributed by atoms with Gasteiger partial charge in [-0.3, -0.25) is 15.5 Å². The molecule has 2 rings (SSSR count). The van der Waals surface area contributed by atoms with Crippen LogP contribution in [0.4, 0.5) is 24.5 Å². The summed E-state index contributed by atoms with van der Waals surface area (Å²) in [6.45, 7) is 1.97. The Morgan fingerprint density at radius 3 is 2.63 bits per heavy atom. The van der Waals surface area contributed by atoms with Crippen LogP contribution >= 0.6 is 0 Å². The molecule has 0 bridgehead atoms. The number of nitrogens with one attached hydrogen (secondary N) is 1. The predicted octanol–water partition coefficient (Wildman–Crippen LogP) is 4.47. The number of rotatable bonds is 7. The maximum absolute atomic E-state index is 12.7. The van der Waals surface area contributed by atoms with Crippen molar-refractivity contribution in [3.05, 3.63) is 57.6 Å². The van der Waals surface area contributed by atoms with Crippen molar-refractivity contribution in [3.8, 4) is 11.5 Å². The lowest BCUT2D eigenvalue weighted by Crippen LogP contribution is -2.05. The van der Waals surface area contributed by atoms with Gasteiger partial charge >= 0.3 is 11.9 Å². The van der Waals surface area contributed by atoms with Gasteiger partial charge in [0.05, 0.1) is 36.1 Å². The molecule has 2 aromatic rings. The fourth-order valence-corrected chi connectivity index (χ4v) is 2.23. The first-order valence-electron chi connectivity index (χ1n) is 7.71. The molecule has 2 aromatic carbocycles. The molecule has 0 radical (unpaired) electrons. The zero-order valence-corrected chi connectivity index (χ0v) is 14.4. The number of hydrogen-bond acceptors (Lipinski definition) is 6. The number of hydrazone groups is 1. The third-order valence-electron chi connectivity index (χ3n) is 3.36. The number of methoxy groups -OCH3 is 1. The van der Waals surface area contributed by atoms with Crippen LogP contribution in [-0.4, -0.2) is 24.9 Å². The van der Waals surface area contributed by atoms with Crippen LogP contribution in [-0.2, 0) is 6.18 Å². The maximum Gasteiger partial charge on any atom is 0.416 e. The zero-order chi connectivity index (χ0) is 20.0. The number of ether oxygens (including phenoxy) is 2. The molecule has 0 amide bonds. The first-order chi connectivity index (χ1) is 12.8. The molecule has 0 aromatic heterocycles. The third-order valence-corrected chi connectivity index (χ3v) is 3.36. The number of halogens is 3. The van der Waals surface area contributed by atoms with Crippen molar-refractivity contribution in [3.63, 3.8) is 0 Å². The van der Waals surface area contributed by atoms with E-state index in [2.05, 4.69) is 10.5 Å². The Kier molecular flexibility index (Phi) is 6.22. The molecule has 0 aliphatic rings. The second-order valence-electron chi connectivity index (χ2n) is 5.21. The van der Waals surface area contributed by atoms with Gasteiger partial charge in [0.1, 0.15) is 0 Å². The molecule has 27 heavy (non-hydrogen) atoms. The number of nitrogens with zero attached hydrogens (tertiary/aromatic N) is 2. The van der Waals surface area contributed by atoms with Crippen molar-refractivity contribution in [1.29, 1.82) is 0 Å². The topological polar surface area (TPSA) is 86.0 Å². The number of nitro groups is 1. The Balaban J connectivity index is 2.27. The molecular weight excluding hydrogens is 367 g/mol. The minimum atomic E-state index is -4.47. The van der Waals surface area contributed by atoms with Gasteiger partial charge in [0, 0.05) is 11.6 Å². The van der Waals surface area contributed by atoms with E-state index in [1.807, 2.05) is 0 Å². The second-order valence-corrected chi connectivity index (χ2v) is 5.21. The van der Waals surface area contributed by atoms with Crippen LogP contribution in [0.1, 0.15) is 18.1 Å². The van der Waals surface area contributed by atoms with Crippen molar-refractivity contribution >= 4 is 17.6 Å². The van der Waals surface area contributed by atoms with E-state index < -0.39 is 16.7 Å². The molecule has 0 heterocycles. The summed E-state index contributed by atoms with van der Waals surface area (Å²) in [5.74, 6) is 0.138. The predicted molar refractivity (Wildman–Crippen MR) is 93.5 cm³/mol. The summed E-state index contributed by atoms with van der Waals surface area (Å²) in [5, 5.41) is 15.1. The molecule has 0 aliphatic heterocycles. The van der Waals surface area contributed by atoms with E-state index in [0.29, 0.717) is 5.56 Å². The summed E-state index contributed by atoms with van der Waals surface area (Å²) in [6, 6.07) is 7.20. The first-order valence-corrected chi connectivity index (χ1v) is 7.71. The summed E-state index contributed by atoms with van der Waals surface area (Å²) in [7, 11) is 1.29. The van der Waals surface area contributed by atoms with Gasteiger partial charge in [-0.15, -0.1) is 0 Å². The first kappa shape index (κ1) is 20.0. The third kappa shape index (κ3) is 5.09. The SMILES string of the molecule is CCOc1cc(C=NNc2cccc(C(F)(F)F)c2)cc([N+](=O)[O-])c1OC. The highest BCUT2D eigenvalue weighted by atomic mass is 19.4. The molecule has 0 saturated heterocycles. The van der Waals surface area contributed by atoms with Crippen molar-refractivity contribution in [1.82, 2.24) is 0 Å². The van der Waals surface area contributed by atoms with E-state index >= 15 is 0 Å². The number of nitro benzene ring substituents is 1. The minimum Gasteiger partial charge on any atom is -0.490 e. The normalized spacial score (nSPS) is 11.4. The summed E-state index contributed by atoms with van der Waals surface area (Å²) in [4.78, 5) is 10.6. The summed E-state index contributed by atoms with van der Waals surface area (Å²) in [5.41, 5.74) is 1.76. The number of alkyl halides is 3. The van der Waals surface area contributed by atoms with Gasteiger partial charge in [-0.2, -0.15) is 18.3 Å². The van der Waals surface area contributed by atoms with Crippen LogP contribution in [0.3, 0.4) is 0 Å². The van der Waals surface area contributed by atoms with Crippen LogP contribution in [0.2, 0.25) is 0 Å². The van der Waals surface area contributed by atoms with Crippen LogP contribution in [0.25, 0.3) is 0 Å². The molecule has 0 fully saturated rings. The zero-order valence-electron chi connectivity index (χ0n) is 14.4. The van der Waals surface area contributed by atoms with E-state index in [1.165, 1.54) is 37.6 Å². The lowest BCUT2D eigenvalue weighted by molar-refractivity contribution is -0.385. The van der Waals surface area contributed by atoms with Crippen molar-refractivity contribution in [2.24, 2.45) is 5.10 Å². The van der Waals surface area contributed by atoms with E-state index in [0.717, 1.165) is 12.1 Å². The molecule has 1 N–H and O–H groups in total. The quantitative estimate of drug-likeness (QED) is 0.433. The fourth-order valence-electron chi connectivity index (χ4n) is 2.23. The lowest BCUT2D eigenvalue weighted by Gasteiger charge is -2.10. The minimum absolute atomic E-state index is 0.0233. The summed E-state index contributed by atoms with van der Waals surface area (Å²) >= 11 is 0. The molecular formula is C17H16F3N3O4. The van der Waals surface area contributed by atoms with Gasteiger partial charge in [0.25, 0.3) is 0 Å². The Morgan fingerprint density at radius 2 is 2.04 bits per heavy atom. The Labute approximate surface area is 152 Å². The molecule has 0 saturated carbocycles. The van der Waals surface area contributed by atoms with Crippen LogP contribution < -0.4 is 14.9 Å². The van der Waals surface area contributed by atoms with Gasteiger partial charge < -0.3 is 9.47 Å². The van der Waals surface area contributed by atoms with Crippen molar-refractivity contribution in [2.75, 3.05) is 19.1 Å². The number of benzene rings is 2. The van der Waals surface area contributed by atoms with Crippen molar-refractivity contribution in [2.45, 2.75) is 13.1 Å². The van der Waals surface area contributed by atoms with Crippen LogP contribution in [0.5, 0.6) is 11.5 Å². The Bertz CT molecular complexity index is 854. The van der Waals surface area contributed by atoms with E-state index in [1.54, 1.807) is 6.92 Å². The molecule has 0 atom stereocenters. The van der Waals surface area contributed by atoms with E-state index in [-0.39, 0.29) is 29.5 Å². The molecule has 144 valence electrons. The summed E-state index contributed by atoms with van der Waals surface area (Å²) < 4.78 is 48.5. The maximum atomic E-state index is 12.7. The molecule has 0 spiro atoms. The average Bonchev–Trinajstić information content (AvgIpc) is 2.61. The van der Waals surface area contributed by atoms with E-state index in [9.17, 15) is 23.3 Å². The van der Waals surface area contributed by atoms with Gasteiger partial charge in [-0.1, -0.05) is 6.07 Å². The fraction of sp³-hybridized carbons (Fsp3) is 0.235. The molecule has 10 heteroatoms. The Morgan fingerprint density at radius 1 is 1.30 bits per heavy atom. The second kappa shape index (κ2) is 8.39. The smallest absolute Gasteiger partial charge is 0.416 e. The highest BCUT2D eigenvalue weighted by Gasteiger charge is 2.30. The number of anilines is 1.